The molecular weight excluding hydrogens is 478 g/mol. The van der Waals surface area contributed by atoms with Gasteiger partial charge in [0.05, 0.1) is 0 Å². The SMILES string of the molecule is CCCCc1ccc(CC(=O)C(=O)Nc2ccccc2CC(=O)C(c2ccccc2)S(=O)(=O)O)cc1. The molecule has 0 saturated heterocycles. The third kappa shape index (κ3) is 7.44. The predicted molar refractivity (Wildman–Crippen MR) is 138 cm³/mol. The molecule has 0 heterocycles. The van der Waals surface area contributed by atoms with Crippen molar-refractivity contribution >= 4 is 33.3 Å². The van der Waals surface area contributed by atoms with Gasteiger partial charge in [0, 0.05) is 18.5 Å². The summed E-state index contributed by atoms with van der Waals surface area (Å²) in [5.74, 6) is -2.24. The highest BCUT2D eigenvalue weighted by molar-refractivity contribution is 7.86. The van der Waals surface area contributed by atoms with Crippen molar-refractivity contribution in [1.82, 2.24) is 0 Å². The van der Waals surface area contributed by atoms with E-state index in [4.69, 9.17) is 0 Å². The van der Waals surface area contributed by atoms with Crippen LogP contribution in [0.4, 0.5) is 5.69 Å². The van der Waals surface area contributed by atoms with E-state index in [9.17, 15) is 27.4 Å². The van der Waals surface area contributed by atoms with Gasteiger partial charge in [-0.3, -0.25) is 18.9 Å². The number of ketones is 2. The number of nitrogens with one attached hydrogen (secondary N) is 1. The molecule has 3 aromatic rings. The quantitative estimate of drug-likeness (QED) is 0.275. The summed E-state index contributed by atoms with van der Waals surface area (Å²) in [7, 11) is -4.72. The van der Waals surface area contributed by atoms with Gasteiger partial charge in [-0.15, -0.1) is 0 Å². The zero-order chi connectivity index (χ0) is 26.1. The number of amides is 1. The van der Waals surface area contributed by atoms with Crippen molar-refractivity contribution in [3.63, 3.8) is 0 Å². The Labute approximate surface area is 211 Å². The van der Waals surface area contributed by atoms with E-state index in [1.807, 2.05) is 24.3 Å². The zero-order valence-corrected chi connectivity index (χ0v) is 20.8. The van der Waals surface area contributed by atoms with E-state index in [2.05, 4.69) is 12.2 Å². The van der Waals surface area contributed by atoms with E-state index in [1.165, 1.54) is 23.8 Å². The van der Waals surface area contributed by atoms with Crippen molar-refractivity contribution < 1.29 is 27.4 Å². The number of hydrogen-bond donors (Lipinski definition) is 2. The smallest absolute Gasteiger partial charge is 0.292 e. The molecule has 3 rings (SSSR count). The Morgan fingerprint density at radius 3 is 2.08 bits per heavy atom. The summed E-state index contributed by atoms with van der Waals surface area (Å²) in [6.07, 6.45) is 2.70. The number of anilines is 1. The molecular formula is C28H29NO6S. The van der Waals surface area contributed by atoms with Crippen molar-refractivity contribution in [2.24, 2.45) is 0 Å². The lowest BCUT2D eigenvalue weighted by atomic mass is 10.0. The Hall–Kier alpha value is -3.62. The van der Waals surface area contributed by atoms with Gasteiger partial charge in [0.25, 0.3) is 16.0 Å². The molecule has 0 aliphatic heterocycles. The van der Waals surface area contributed by atoms with Crippen LogP contribution in [0.2, 0.25) is 0 Å². The Balaban J connectivity index is 1.70. The van der Waals surface area contributed by atoms with Crippen LogP contribution in [-0.2, 0) is 43.8 Å². The minimum absolute atomic E-state index is 0.0696. The Morgan fingerprint density at radius 2 is 1.44 bits per heavy atom. The van der Waals surface area contributed by atoms with Crippen LogP contribution in [0.1, 0.15) is 47.3 Å². The molecule has 0 aliphatic carbocycles. The fourth-order valence-corrected chi connectivity index (χ4v) is 4.81. The summed E-state index contributed by atoms with van der Waals surface area (Å²) in [4.78, 5) is 38.1. The number of hydrogen-bond acceptors (Lipinski definition) is 5. The molecule has 0 aromatic heterocycles. The van der Waals surface area contributed by atoms with Crippen LogP contribution in [0, 0.1) is 0 Å². The molecule has 3 aromatic carbocycles. The molecule has 1 amide bonds. The van der Waals surface area contributed by atoms with Gasteiger partial charge in [-0.1, -0.05) is 86.1 Å². The number of carbonyl (C=O) groups excluding carboxylic acids is 3. The summed E-state index contributed by atoms with van der Waals surface area (Å²) in [6.45, 7) is 2.12. The van der Waals surface area contributed by atoms with E-state index in [0.29, 0.717) is 5.56 Å². The largest absolute Gasteiger partial charge is 0.319 e. The second-order valence-corrected chi connectivity index (χ2v) is 10.1. The maximum Gasteiger partial charge on any atom is 0.292 e. The van der Waals surface area contributed by atoms with Gasteiger partial charge in [0.15, 0.2) is 11.0 Å². The van der Waals surface area contributed by atoms with Crippen molar-refractivity contribution in [2.45, 2.75) is 44.3 Å². The maximum atomic E-state index is 12.9. The number of para-hydroxylation sites is 1. The lowest BCUT2D eigenvalue weighted by Crippen LogP contribution is -2.26. The third-order valence-electron chi connectivity index (χ3n) is 5.78. The topological polar surface area (TPSA) is 118 Å². The third-order valence-corrected chi connectivity index (χ3v) is 6.91. The number of benzene rings is 3. The number of carbonyl (C=O) groups is 3. The maximum absolute atomic E-state index is 12.9. The van der Waals surface area contributed by atoms with Crippen LogP contribution >= 0.6 is 0 Å². The Morgan fingerprint density at radius 1 is 0.833 bits per heavy atom. The first-order valence-corrected chi connectivity index (χ1v) is 13.2. The van der Waals surface area contributed by atoms with E-state index >= 15 is 0 Å². The highest BCUT2D eigenvalue weighted by Crippen LogP contribution is 2.26. The molecule has 0 aliphatic rings. The zero-order valence-electron chi connectivity index (χ0n) is 20.0. The first-order chi connectivity index (χ1) is 17.2. The Kier molecular flexibility index (Phi) is 9.27. The molecule has 0 bridgehead atoms. The van der Waals surface area contributed by atoms with E-state index < -0.39 is 32.8 Å². The van der Waals surface area contributed by atoms with Crippen LogP contribution in [0.5, 0.6) is 0 Å². The van der Waals surface area contributed by atoms with Gasteiger partial charge in [0.1, 0.15) is 0 Å². The van der Waals surface area contributed by atoms with Crippen molar-refractivity contribution in [3.05, 3.63) is 101 Å². The standard InChI is InChI=1S/C28H29NO6S/c1-2-3-9-20-14-16-21(17-15-20)18-26(31)28(32)29-24-13-8-7-12-23(24)19-25(30)27(36(33,34)35)22-10-5-4-6-11-22/h4-8,10-17,27H,2-3,9,18-19H2,1H3,(H,29,32)(H,33,34,35). The van der Waals surface area contributed by atoms with Crippen molar-refractivity contribution in [2.75, 3.05) is 5.32 Å². The number of unbranched alkanes of at least 4 members (excludes halogenated alkanes) is 1. The normalized spacial score (nSPS) is 12.1. The summed E-state index contributed by atoms with van der Waals surface area (Å²) >= 11 is 0. The average Bonchev–Trinajstić information content (AvgIpc) is 2.84. The monoisotopic (exact) mass is 507 g/mol. The van der Waals surface area contributed by atoms with Gasteiger partial charge in [0.2, 0.25) is 5.78 Å². The molecule has 2 N–H and O–H groups in total. The van der Waals surface area contributed by atoms with Crippen LogP contribution in [0.15, 0.2) is 78.9 Å². The van der Waals surface area contributed by atoms with Crippen LogP contribution in [0.25, 0.3) is 0 Å². The molecule has 36 heavy (non-hydrogen) atoms. The molecule has 7 nitrogen and oxygen atoms in total. The highest BCUT2D eigenvalue weighted by atomic mass is 32.2. The van der Waals surface area contributed by atoms with Gasteiger partial charge in [-0.2, -0.15) is 8.42 Å². The number of aryl methyl sites for hydroxylation is 1. The van der Waals surface area contributed by atoms with E-state index in [-0.39, 0.29) is 24.1 Å². The lowest BCUT2D eigenvalue weighted by Gasteiger charge is -2.15. The first-order valence-electron chi connectivity index (χ1n) is 11.7. The fraction of sp³-hybridized carbons (Fsp3) is 0.250. The number of Topliss-reactive ketones (excluding diaryl/α,β-unsaturated/α-hetero) is 2. The second kappa shape index (κ2) is 12.4. The van der Waals surface area contributed by atoms with Gasteiger partial charge in [-0.05, 0) is 41.2 Å². The summed E-state index contributed by atoms with van der Waals surface area (Å²) in [5, 5.41) is 0.780. The van der Waals surface area contributed by atoms with Gasteiger partial charge < -0.3 is 5.32 Å². The summed E-state index contributed by atoms with van der Waals surface area (Å²) in [6, 6.07) is 21.6. The van der Waals surface area contributed by atoms with Gasteiger partial charge >= 0.3 is 0 Å². The average molecular weight is 508 g/mol. The molecule has 1 unspecified atom stereocenters. The van der Waals surface area contributed by atoms with Crippen molar-refractivity contribution in [1.29, 1.82) is 0 Å². The Bertz CT molecular complexity index is 1320. The molecule has 188 valence electrons. The van der Waals surface area contributed by atoms with E-state index in [0.717, 1.165) is 24.8 Å². The van der Waals surface area contributed by atoms with Gasteiger partial charge in [-0.25, -0.2) is 0 Å². The second-order valence-electron chi connectivity index (χ2n) is 8.58. The molecule has 0 saturated carbocycles. The van der Waals surface area contributed by atoms with Crippen LogP contribution in [-0.4, -0.2) is 30.4 Å². The van der Waals surface area contributed by atoms with E-state index in [1.54, 1.807) is 36.4 Å². The predicted octanol–water partition coefficient (Wildman–Crippen LogP) is 4.52. The van der Waals surface area contributed by atoms with Crippen molar-refractivity contribution in [3.8, 4) is 0 Å². The molecule has 0 radical (unpaired) electrons. The fourth-order valence-electron chi connectivity index (χ4n) is 3.89. The minimum atomic E-state index is -4.72. The lowest BCUT2D eigenvalue weighted by molar-refractivity contribution is -0.134. The van der Waals surface area contributed by atoms with Crippen LogP contribution < -0.4 is 5.32 Å². The first kappa shape index (κ1) is 27.0. The molecule has 1 atom stereocenters. The minimum Gasteiger partial charge on any atom is -0.319 e. The summed E-state index contributed by atoms with van der Waals surface area (Å²) in [5.41, 5.74) is 2.59. The molecule has 0 spiro atoms. The summed E-state index contributed by atoms with van der Waals surface area (Å²) < 4.78 is 33.7. The highest BCUT2D eigenvalue weighted by Gasteiger charge is 2.32. The molecule has 0 fully saturated rings. The number of rotatable bonds is 12. The molecule has 8 heteroatoms. The van der Waals surface area contributed by atoms with Crippen LogP contribution in [0.3, 0.4) is 0 Å².